The maximum Gasteiger partial charge on any atom is 0.165 e. The first-order valence-corrected chi connectivity index (χ1v) is 27.7. The molecule has 0 aliphatic rings. The summed E-state index contributed by atoms with van der Waals surface area (Å²) in [6, 6.07) is 95.3. The van der Waals surface area contributed by atoms with Crippen LogP contribution in [0.4, 0.5) is 0 Å². The molecule has 382 valence electrons. The fourth-order valence-electron chi connectivity index (χ4n) is 13.0. The first kappa shape index (κ1) is 45.8. The van der Waals surface area contributed by atoms with Crippen molar-refractivity contribution in [2.24, 2.45) is 0 Å². The summed E-state index contributed by atoms with van der Waals surface area (Å²) in [5, 5.41) is 8.89. The predicted octanol–water partition coefficient (Wildman–Crippen LogP) is 18.3. The standard InChI is InChI=1S/C74H46N8/c1-3-23-47(24-4-1)59-45-60(48-25-5-2-6-26-48)77-72(76-59)57-35-8-7-34-56(57)69-70(79-61-36-16-9-27-49(61)50-28-10-17-37-62(50)79)73(81-65-40-20-13-31-53(65)54-32-14-21-41-66(54)81)78-74(82-67-42-22-15-33-55(67)58-46-75-44-43-68(58)82)71(69)80-63-38-18-11-29-51(63)52-30-12-19-39-64(52)80/h1-46H. The van der Waals surface area contributed by atoms with Crippen LogP contribution in [0.25, 0.3) is 155 Å². The van der Waals surface area contributed by atoms with E-state index in [1.807, 2.05) is 12.4 Å². The van der Waals surface area contributed by atoms with Crippen molar-refractivity contribution in [3.63, 3.8) is 0 Å². The molecule has 0 N–H and O–H groups in total. The van der Waals surface area contributed by atoms with Gasteiger partial charge in [-0.15, -0.1) is 0 Å². The van der Waals surface area contributed by atoms with Crippen molar-refractivity contribution in [3.8, 4) is 68.0 Å². The second-order valence-electron chi connectivity index (χ2n) is 20.9. The summed E-state index contributed by atoms with van der Waals surface area (Å²) < 4.78 is 9.75. The van der Waals surface area contributed by atoms with Crippen LogP contribution in [0.5, 0.6) is 0 Å². The number of para-hydroxylation sites is 7. The van der Waals surface area contributed by atoms with Crippen molar-refractivity contribution in [1.29, 1.82) is 0 Å². The molecule has 10 aromatic carbocycles. The fourth-order valence-corrected chi connectivity index (χ4v) is 13.0. The topological polar surface area (TPSA) is 71.3 Å². The zero-order valence-electron chi connectivity index (χ0n) is 44.1. The van der Waals surface area contributed by atoms with E-state index < -0.39 is 0 Å². The highest BCUT2D eigenvalue weighted by molar-refractivity contribution is 6.16. The van der Waals surface area contributed by atoms with Gasteiger partial charge in [0, 0.05) is 77.7 Å². The highest BCUT2D eigenvalue weighted by atomic mass is 15.2. The molecule has 0 fully saturated rings. The van der Waals surface area contributed by atoms with E-state index in [4.69, 9.17) is 19.9 Å². The zero-order valence-corrected chi connectivity index (χ0v) is 44.1. The van der Waals surface area contributed by atoms with Crippen LogP contribution in [-0.4, -0.2) is 38.2 Å². The van der Waals surface area contributed by atoms with Gasteiger partial charge in [-0.05, 0) is 60.2 Å². The lowest BCUT2D eigenvalue weighted by atomic mass is 9.94. The number of hydrogen-bond donors (Lipinski definition) is 0. The molecule has 0 bridgehead atoms. The summed E-state index contributed by atoms with van der Waals surface area (Å²) in [5.41, 5.74) is 16.4. The van der Waals surface area contributed by atoms with Crippen molar-refractivity contribution >= 4 is 87.2 Å². The number of rotatable bonds is 8. The molecular formula is C74H46N8. The van der Waals surface area contributed by atoms with Gasteiger partial charge in [-0.25, -0.2) is 15.0 Å². The van der Waals surface area contributed by atoms with Crippen LogP contribution in [0, 0.1) is 0 Å². The molecule has 0 aliphatic carbocycles. The minimum absolute atomic E-state index is 0.594. The van der Waals surface area contributed by atoms with E-state index >= 15 is 0 Å². The Hall–Kier alpha value is -11.2. The first-order valence-electron chi connectivity index (χ1n) is 27.7. The number of aromatic nitrogens is 8. The summed E-state index contributed by atoms with van der Waals surface area (Å²) >= 11 is 0. The SMILES string of the molecule is c1ccc(-c2cc(-c3ccccc3)nc(-c3ccccc3-c3c(-n4c5ccccc5c5ccccc54)c(-n4c5ccccc5c5ccccc54)nc(-n4c5ccccc5c5cnccc54)c3-n3c4ccccc4c4ccccc43)n2)cc1. The molecule has 82 heavy (non-hydrogen) atoms. The molecule has 8 nitrogen and oxygen atoms in total. The number of pyridine rings is 2. The number of benzene rings is 10. The number of nitrogens with zero attached hydrogens (tertiary/aromatic N) is 8. The van der Waals surface area contributed by atoms with E-state index in [-0.39, 0.29) is 0 Å². The molecule has 0 unspecified atom stereocenters. The Morgan fingerprint density at radius 1 is 0.256 bits per heavy atom. The van der Waals surface area contributed by atoms with Gasteiger partial charge < -0.3 is 9.13 Å². The van der Waals surface area contributed by atoms with Gasteiger partial charge in [0.1, 0.15) is 11.4 Å². The third-order valence-electron chi connectivity index (χ3n) is 16.5. The van der Waals surface area contributed by atoms with E-state index in [9.17, 15) is 0 Å². The summed E-state index contributed by atoms with van der Waals surface area (Å²) in [6.07, 6.45) is 3.89. The Morgan fingerprint density at radius 2 is 0.573 bits per heavy atom. The Labute approximate surface area is 470 Å². The molecule has 17 rings (SSSR count). The summed E-state index contributed by atoms with van der Waals surface area (Å²) in [6.45, 7) is 0. The van der Waals surface area contributed by atoms with Crippen LogP contribution < -0.4 is 0 Å². The normalized spacial score (nSPS) is 11.9. The van der Waals surface area contributed by atoms with Crippen molar-refractivity contribution in [1.82, 2.24) is 38.2 Å². The van der Waals surface area contributed by atoms with Crippen LogP contribution in [0.2, 0.25) is 0 Å². The molecule has 17 aromatic rings. The molecule has 0 amide bonds. The highest BCUT2D eigenvalue weighted by Gasteiger charge is 2.34. The Kier molecular flexibility index (Phi) is 10.1. The monoisotopic (exact) mass is 1050 g/mol. The summed E-state index contributed by atoms with van der Waals surface area (Å²) in [5.74, 6) is 2.08. The largest absolute Gasteiger partial charge is 0.305 e. The van der Waals surface area contributed by atoms with Crippen molar-refractivity contribution in [3.05, 3.63) is 279 Å². The Balaban J connectivity index is 1.17. The van der Waals surface area contributed by atoms with Gasteiger partial charge >= 0.3 is 0 Å². The van der Waals surface area contributed by atoms with Crippen molar-refractivity contribution in [2.45, 2.75) is 0 Å². The van der Waals surface area contributed by atoms with E-state index in [2.05, 4.69) is 285 Å². The Bertz CT molecular complexity index is 4890. The first-order chi connectivity index (χ1) is 40.7. The van der Waals surface area contributed by atoms with Crippen molar-refractivity contribution < 1.29 is 0 Å². The lowest BCUT2D eigenvalue weighted by Gasteiger charge is -2.27. The molecule has 0 atom stereocenters. The van der Waals surface area contributed by atoms with Crippen LogP contribution in [0.1, 0.15) is 0 Å². The summed E-state index contributed by atoms with van der Waals surface area (Å²) in [4.78, 5) is 22.4. The van der Waals surface area contributed by atoms with Gasteiger partial charge in [-0.3, -0.25) is 14.1 Å². The minimum Gasteiger partial charge on any atom is -0.305 e. The zero-order chi connectivity index (χ0) is 53.8. The van der Waals surface area contributed by atoms with E-state index in [1.54, 1.807) is 0 Å². The van der Waals surface area contributed by atoms with Crippen LogP contribution >= 0.6 is 0 Å². The highest BCUT2D eigenvalue weighted by Crippen LogP contribution is 2.50. The second kappa shape index (κ2) is 18.2. The maximum atomic E-state index is 6.43. The average Bonchev–Trinajstić information content (AvgIpc) is 1.80. The predicted molar refractivity (Wildman–Crippen MR) is 337 cm³/mol. The molecule has 0 radical (unpaired) electrons. The maximum absolute atomic E-state index is 6.43. The Morgan fingerprint density at radius 3 is 0.976 bits per heavy atom. The van der Waals surface area contributed by atoms with E-state index in [1.165, 1.54) is 0 Å². The molecule has 0 spiro atoms. The van der Waals surface area contributed by atoms with Gasteiger partial charge in [0.25, 0.3) is 0 Å². The number of hydrogen-bond acceptors (Lipinski definition) is 4. The van der Waals surface area contributed by atoms with Crippen LogP contribution in [0.15, 0.2) is 279 Å². The molecule has 7 aromatic heterocycles. The van der Waals surface area contributed by atoms with E-state index in [0.29, 0.717) is 5.82 Å². The molecule has 0 saturated carbocycles. The molecule has 0 aliphatic heterocycles. The third-order valence-corrected chi connectivity index (χ3v) is 16.5. The van der Waals surface area contributed by atoms with E-state index in [0.717, 1.165) is 149 Å². The third kappa shape index (κ3) is 6.79. The second-order valence-corrected chi connectivity index (χ2v) is 20.9. The fraction of sp³-hybridized carbons (Fsp3) is 0. The molecule has 7 heterocycles. The van der Waals surface area contributed by atoms with Gasteiger partial charge in [-0.1, -0.05) is 212 Å². The van der Waals surface area contributed by atoms with Gasteiger partial charge in [0.2, 0.25) is 0 Å². The lowest BCUT2D eigenvalue weighted by molar-refractivity contribution is 0.960. The van der Waals surface area contributed by atoms with Gasteiger partial charge in [0.05, 0.1) is 55.5 Å². The minimum atomic E-state index is 0.594. The summed E-state index contributed by atoms with van der Waals surface area (Å²) in [7, 11) is 0. The smallest absolute Gasteiger partial charge is 0.165 e. The van der Waals surface area contributed by atoms with Gasteiger partial charge in [0.15, 0.2) is 17.5 Å². The lowest BCUT2D eigenvalue weighted by Crippen LogP contribution is -2.16. The quantitative estimate of drug-likeness (QED) is 0.152. The average molecular weight is 1050 g/mol. The molecular weight excluding hydrogens is 1000 g/mol. The molecule has 8 heteroatoms. The van der Waals surface area contributed by atoms with Crippen LogP contribution in [0.3, 0.4) is 0 Å². The molecule has 0 saturated heterocycles. The van der Waals surface area contributed by atoms with Crippen molar-refractivity contribution in [2.75, 3.05) is 0 Å². The van der Waals surface area contributed by atoms with Gasteiger partial charge in [-0.2, -0.15) is 0 Å². The number of fused-ring (bicyclic) bond motifs is 12. The van der Waals surface area contributed by atoms with Crippen LogP contribution in [-0.2, 0) is 0 Å².